The molecule has 1 N–H and O–H groups in total. The molecule has 1 amide bonds. The van der Waals surface area contributed by atoms with Gasteiger partial charge in [-0.15, -0.1) is 0 Å². The number of ether oxygens (including phenoxy) is 1. The molecule has 7 nitrogen and oxygen atoms in total. The van der Waals surface area contributed by atoms with Crippen LogP contribution in [0.2, 0.25) is 10.0 Å². The van der Waals surface area contributed by atoms with E-state index >= 15 is 0 Å². The van der Waals surface area contributed by atoms with Gasteiger partial charge < -0.3 is 14.7 Å². The lowest BCUT2D eigenvalue weighted by molar-refractivity contribution is 0.0589. The lowest BCUT2D eigenvalue weighted by Gasteiger charge is -2.36. The highest BCUT2D eigenvalue weighted by Gasteiger charge is 2.26. The van der Waals surface area contributed by atoms with Crippen LogP contribution in [-0.4, -0.2) is 64.0 Å². The first-order chi connectivity index (χ1) is 13.8. The minimum absolute atomic E-state index is 0.0112. The molecule has 1 aliphatic rings. The van der Waals surface area contributed by atoms with Crippen LogP contribution in [0.1, 0.15) is 34.8 Å². The van der Waals surface area contributed by atoms with Crippen molar-refractivity contribution < 1.29 is 19.4 Å². The quantitative estimate of drug-likeness (QED) is 0.759. The van der Waals surface area contributed by atoms with Gasteiger partial charge in [-0.1, -0.05) is 23.2 Å². The molecule has 0 saturated carbocycles. The third-order valence-corrected chi connectivity index (χ3v) is 5.47. The first-order valence-corrected chi connectivity index (χ1v) is 9.92. The summed E-state index contributed by atoms with van der Waals surface area (Å²) in [5.74, 6) is -1.26. The van der Waals surface area contributed by atoms with Gasteiger partial charge in [-0.05, 0) is 38.1 Å². The molecule has 1 aliphatic heterocycles. The number of carbonyl (C=O) groups is 2. The molecule has 9 heteroatoms. The number of rotatable bonds is 5. The summed E-state index contributed by atoms with van der Waals surface area (Å²) < 4.78 is 5.61. The summed E-state index contributed by atoms with van der Waals surface area (Å²) in [6.07, 6.45) is 0. The average Bonchev–Trinajstić information content (AvgIpc) is 2.70. The molecule has 1 saturated heterocycles. The molecule has 0 spiro atoms. The summed E-state index contributed by atoms with van der Waals surface area (Å²) in [6.45, 7) is 6.92. The molecular weight excluding hydrogens is 417 g/mol. The van der Waals surface area contributed by atoms with Gasteiger partial charge in [0.05, 0.1) is 10.0 Å². The lowest BCUT2D eigenvalue weighted by atomic mass is 10.2. The first kappa shape index (κ1) is 21.4. The molecule has 154 valence electrons. The Bertz CT molecular complexity index is 928. The summed E-state index contributed by atoms with van der Waals surface area (Å²) in [5.41, 5.74) is -0.273. The highest BCUT2D eigenvalue weighted by atomic mass is 35.5. The van der Waals surface area contributed by atoms with E-state index in [0.717, 1.165) is 13.1 Å². The molecule has 0 aliphatic carbocycles. The Hall–Kier alpha value is -2.35. The van der Waals surface area contributed by atoms with Crippen LogP contribution in [-0.2, 0) is 0 Å². The molecule has 0 atom stereocenters. The van der Waals surface area contributed by atoms with Crippen molar-refractivity contribution in [3.63, 3.8) is 0 Å². The van der Waals surface area contributed by atoms with Gasteiger partial charge in [0.15, 0.2) is 11.4 Å². The number of carbonyl (C=O) groups excluding carboxylic acids is 1. The summed E-state index contributed by atoms with van der Waals surface area (Å²) in [4.78, 5) is 32.5. The van der Waals surface area contributed by atoms with Gasteiger partial charge in [0.2, 0.25) is 0 Å². The number of pyridine rings is 1. The number of piperazine rings is 1. The molecule has 2 aromatic rings. The Balaban J connectivity index is 1.79. The largest absolute Gasteiger partial charge is 0.476 e. The Kier molecular flexibility index (Phi) is 6.62. The molecule has 3 rings (SSSR count). The van der Waals surface area contributed by atoms with Gasteiger partial charge >= 0.3 is 5.97 Å². The second-order valence-corrected chi connectivity index (χ2v) is 7.76. The van der Waals surface area contributed by atoms with E-state index < -0.39 is 5.97 Å². The summed E-state index contributed by atoms with van der Waals surface area (Å²) in [7, 11) is 0. The Morgan fingerprint density at radius 1 is 1.07 bits per heavy atom. The standard InChI is InChI=1S/C20H21Cl2N3O4/c1-12(2)24-7-9-25(10-8-24)19(26)16-5-6-17(18(23-16)20(27)28)29-13-3-4-14(21)15(22)11-13/h3-6,11-12H,7-10H2,1-2H3,(H,27,28). The number of halogens is 2. The lowest BCUT2D eigenvalue weighted by Crippen LogP contribution is -2.50. The number of nitrogens with zero attached hydrogens (tertiary/aromatic N) is 3. The van der Waals surface area contributed by atoms with Crippen molar-refractivity contribution in [1.29, 1.82) is 0 Å². The van der Waals surface area contributed by atoms with E-state index in [9.17, 15) is 14.7 Å². The van der Waals surface area contributed by atoms with Crippen molar-refractivity contribution >= 4 is 35.1 Å². The molecular formula is C20H21Cl2N3O4. The van der Waals surface area contributed by atoms with Crippen molar-refractivity contribution in [2.75, 3.05) is 26.2 Å². The molecule has 29 heavy (non-hydrogen) atoms. The number of aromatic nitrogens is 1. The second kappa shape index (κ2) is 8.98. The van der Waals surface area contributed by atoms with E-state index in [0.29, 0.717) is 29.9 Å². The summed E-state index contributed by atoms with van der Waals surface area (Å²) >= 11 is 11.8. The zero-order valence-electron chi connectivity index (χ0n) is 16.1. The normalized spacial score (nSPS) is 14.9. The number of hydrogen-bond donors (Lipinski definition) is 1. The maximum absolute atomic E-state index is 12.8. The minimum Gasteiger partial charge on any atom is -0.476 e. The van der Waals surface area contributed by atoms with Crippen LogP contribution in [0.5, 0.6) is 11.5 Å². The zero-order valence-corrected chi connectivity index (χ0v) is 17.6. The Morgan fingerprint density at radius 2 is 1.76 bits per heavy atom. The van der Waals surface area contributed by atoms with Gasteiger partial charge in [-0.25, -0.2) is 9.78 Å². The molecule has 0 radical (unpaired) electrons. The zero-order chi connectivity index (χ0) is 21.1. The third-order valence-electron chi connectivity index (χ3n) is 4.73. The van der Waals surface area contributed by atoms with E-state index in [4.69, 9.17) is 27.9 Å². The average molecular weight is 438 g/mol. The highest BCUT2D eigenvalue weighted by Crippen LogP contribution is 2.30. The van der Waals surface area contributed by atoms with Crippen LogP contribution in [0.3, 0.4) is 0 Å². The van der Waals surface area contributed by atoms with E-state index in [-0.39, 0.29) is 28.1 Å². The predicted molar refractivity (Wildman–Crippen MR) is 110 cm³/mol. The van der Waals surface area contributed by atoms with E-state index in [1.807, 2.05) is 0 Å². The topological polar surface area (TPSA) is 83.0 Å². The second-order valence-electron chi connectivity index (χ2n) is 6.95. The fourth-order valence-corrected chi connectivity index (χ4v) is 3.36. The Labute approximate surface area is 178 Å². The highest BCUT2D eigenvalue weighted by molar-refractivity contribution is 6.42. The number of benzene rings is 1. The van der Waals surface area contributed by atoms with Crippen molar-refractivity contribution in [2.24, 2.45) is 0 Å². The number of aromatic carboxylic acids is 1. The number of carboxylic acid groups (broad SMARTS) is 1. The van der Waals surface area contributed by atoms with Crippen molar-refractivity contribution in [3.8, 4) is 11.5 Å². The van der Waals surface area contributed by atoms with Crippen LogP contribution in [0.4, 0.5) is 0 Å². The predicted octanol–water partition coefficient (Wildman–Crippen LogP) is 4.05. The van der Waals surface area contributed by atoms with Gasteiger partial charge in [0, 0.05) is 38.3 Å². The fraction of sp³-hybridized carbons (Fsp3) is 0.350. The van der Waals surface area contributed by atoms with Crippen LogP contribution >= 0.6 is 23.2 Å². The van der Waals surface area contributed by atoms with E-state index in [2.05, 4.69) is 23.7 Å². The minimum atomic E-state index is -1.29. The molecule has 2 heterocycles. The van der Waals surface area contributed by atoms with Crippen LogP contribution in [0, 0.1) is 0 Å². The van der Waals surface area contributed by atoms with Crippen LogP contribution in [0.15, 0.2) is 30.3 Å². The maximum atomic E-state index is 12.8. The molecule has 1 fully saturated rings. The summed E-state index contributed by atoms with van der Waals surface area (Å²) in [5, 5.41) is 10.2. The van der Waals surface area contributed by atoms with Gasteiger partial charge in [0.1, 0.15) is 11.4 Å². The summed E-state index contributed by atoms with van der Waals surface area (Å²) in [6, 6.07) is 7.90. The van der Waals surface area contributed by atoms with Gasteiger partial charge in [-0.2, -0.15) is 0 Å². The fourth-order valence-electron chi connectivity index (χ4n) is 3.07. The molecule has 0 unspecified atom stereocenters. The SMILES string of the molecule is CC(C)N1CCN(C(=O)c2ccc(Oc3ccc(Cl)c(Cl)c3)c(C(=O)O)n2)CC1. The van der Waals surface area contributed by atoms with Crippen LogP contribution in [0.25, 0.3) is 0 Å². The first-order valence-electron chi connectivity index (χ1n) is 9.17. The van der Waals surface area contributed by atoms with Crippen molar-refractivity contribution in [1.82, 2.24) is 14.8 Å². The number of hydrogen-bond acceptors (Lipinski definition) is 5. The smallest absolute Gasteiger partial charge is 0.358 e. The van der Waals surface area contributed by atoms with Crippen molar-refractivity contribution in [2.45, 2.75) is 19.9 Å². The maximum Gasteiger partial charge on any atom is 0.358 e. The Morgan fingerprint density at radius 3 is 2.34 bits per heavy atom. The number of amides is 1. The van der Waals surface area contributed by atoms with E-state index in [1.54, 1.807) is 17.0 Å². The molecule has 1 aromatic heterocycles. The van der Waals surface area contributed by atoms with Crippen LogP contribution < -0.4 is 4.74 Å². The van der Waals surface area contributed by atoms with Gasteiger partial charge in [-0.3, -0.25) is 9.69 Å². The third kappa shape index (κ3) is 4.98. The molecule has 1 aromatic carbocycles. The van der Waals surface area contributed by atoms with E-state index in [1.165, 1.54) is 18.2 Å². The molecule has 0 bridgehead atoms. The van der Waals surface area contributed by atoms with Gasteiger partial charge in [0.25, 0.3) is 5.91 Å². The number of carboxylic acids is 1. The van der Waals surface area contributed by atoms with Crippen molar-refractivity contribution in [3.05, 3.63) is 51.8 Å². The monoisotopic (exact) mass is 437 g/mol.